The van der Waals surface area contributed by atoms with Crippen LogP contribution in [0.2, 0.25) is 20.1 Å². The number of nitrogens with one attached hydrogen (secondary N) is 2. The largest absolute Gasteiger partial charge is 0.467 e. The van der Waals surface area contributed by atoms with Gasteiger partial charge in [-0.2, -0.15) is 0 Å². The van der Waals surface area contributed by atoms with Crippen molar-refractivity contribution in [3.05, 3.63) is 127 Å². The van der Waals surface area contributed by atoms with Gasteiger partial charge in [-0.15, -0.1) is 11.8 Å². The molecule has 0 saturated heterocycles. The summed E-state index contributed by atoms with van der Waals surface area (Å²) in [4.78, 5) is 27.0. The molecule has 4 aromatic carbocycles. The van der Waals surface area contributed by atoms with Gasteiger partial charge >= 0.3 is 5.97 Å². The van der Waals surface area contributed by atoms with Crippen molar-refractivity contribution in [1.29, 1.82) is 0 Å². The Labute approximate surface area is 268 Å². The van der Waals surface area contributed by atoms with Gasteiger partial charge in [-0.05, 0) is 60.0 Å². The number of fused-ring (bicyclic) bond motifs is 1. The van der Waals surface area contributed by atoms with Gasteiger partial charge in [0.25, 0.3) is 5.91 Å². The Kier molecular flexibility index (Phi) is 9.92. The molecule has 2 N–H and O–H groups in total. The molecule has 0 bridgehead atoms. The molecule has 0 fully saturated rings. The number of esters is 1. The molecule has 42 heavy (non-hydrogen) atoms. The van der Waals surface area contributed by atoms with Gasteiger partial charge in [0.2, 0.25) is 0 Å². The average molecular weight is 660 g/mol. The number of anilines is 1. The van der Waals surface area contributed by atoms with E-state index in [2.05, 4.69) is 28.8 Å². The number of amides is 1. The van der Waals surface area contributed by atoms with E-state index in [1.807, 2.05) is 48.5 Å². The van der Waals surface area contributed by atoms with Gasteiger partial charge in [0.15, 0.2) is 0 Å². The fourth-order valence-electron chi connectivity index (χ4n) is 5.05. The second-order valence-corrected chi connectivity index (χ2v) is 12.7. The molecule has 1 amide bonds. The first kappa shape index (κ1) is 30.6. The number of carbonyl (C=O) groups excluding carboxylic acids is 2. The van der Waals surface area contributed by atoms with Gasteiger partial charge in [-0.3, -0.25) is 4.79 Å². The van der Waals surface area contributed by atoms with Crippen molar-refractivity contribution >= 4 is 75.7 Å². The molecule has 0 saturated carbocycles. The highest BCUT2D eigenvalue weighted by atomic mass is 35.5. The lowest BCUT2D eigenvalue weighted by molar-refractivity contribution is -0.142. The summed E-state index contributed by atoms with van der Waals surface area (Å²) in [5, 5.41) is 8.03. The molecule has 1 aliphatic heterocycles. The summed E-state index contributed by atoms with van der Waals surface area (Å²) >= 11 is 27.4. The van der Waals surface area contributed by atoms with Crippen molar-refractivity contribution in [3.63, 3.8) is 0 Å². The fraction of sp³-hybridized carbons (Fsp3) is 0.188. The highest BCUT2D eigenvalue weighted by molar-refractivity contribution is 7.99. The van der Waals surface area contributed by atoms with E-state index < -0.39 is 17.9 Å². The van der Waals surface area contributed by atoms with Crippen LogP contribution in [0, 0.1) is 0 Å². The molecule has 0 aliphatic carbocycles. The number of hydrogen-bond donors (Lipinski definition) is 2. The van der Waals surface area contributed by atoms with E-state index in [1.54, 1.807) is 30.0 Å². The third-order valence-corrected chi connectivity index (χ3v) is 9.60. The smallest absolute Gasteiger partial charge is 0.328 e. The second-order valence-electron chi connectivity index (χ2n) is 9.76. The van der Waals surface area contributed by atoms with Crippen molar-refractivity contribution in [2.24, 2.45) is 0 Å². The Morgan fingerprint density at radius 1 is 0.905 bits per heavy atom. The molecule has 5 rings (SSSR count). The number of rotatable bonds is 8. The maximum Gasteiger partial charge on any atom is 0.328 e. The number of methoxy groups -OCH3 is 1. The normalized spacial score (nSPS) is 16.6. The molecule has 216 valence electrons. The molecule has 5 nitrogen and oxygen atoms in total. The maximum absolute atomic E-state index is 13.1. The lowest BCUT2D eigenvalue weighted by Gasteiger charge is -2.34. The summed E-state index contributed by atoms with van der Waals surface area (Å²) < 4.78 is 5.02. The molecular formula is C32H26Cl4N2O3S. The summed E-state index contributed by atoms with van der Waals surface area (Å²) in [5.41, 5.74) is 3.84. The molecule has 4 aromatic rings. The van der Waals surface area contributed by atoms with Crippen LogP contribution in [0.4, 0.5) is 5.69 Å². The van der Waals surface area contributed by atoms with Gasteiger partial charge in [-0.25, -0.2) is 4.79 Å². The van der Waals surface area contributed by atoms with Gasteiger partial charge in [-0.1, -0.05) is 88.9 Å². The van der Waals surface area contributed by atoms with E-state index in [4.69, 9.17) is 51.1 Å². The van der Waals surface area contributed by atoms with Crippen LogP contribution in [-0.2, 0) is 16.0 Å². The van der Waals surface area contributed by atoms with Crippen molar-refractivity contribution < 1.29 is 14.3 Å². The molecule has 0 aromatic heterocycles. The third kappa shape index (κ3) is 6.85. The molecule has 3 atom stereocenters. The first-order chi connectivity index (χ1) is 20.2. The molecule has 10 heteroatoms. The summed E-state index contributed by atoms with van der Waals surface area (Å²) in [7, 11) is 1.28. The number of hydrogen-bond acceptors (Lipinski definition) is 5. The minimum absolute atomic E-state index is 0.0500. The minimum atomic E-state index is -0.959. The van der Waals surface area contributed by atoms with Crippen LogP contribution in [0.1, 0.15) is 44.8 Å². The molecule has 2 unspecified atom stereocenters. The van der Waals surface area contributed by atoms with Crippen LogP contribution in [0.15, 0.2) is 89.8 Å². The van der Waals surface area contributed by atoms with Gasteiger partial charge in [0.1, 0.15) is 6.04 Å². The molecule has 0 radical (unpaired) electrons. The number of benzene rings is 4. The van der Waals surface area contributed by atoms with Crippen LogP contribution in [0.5, 0.6) is 0 Å². The number of ether oxygens (including phenoxy) is 1. The average Bonchev–Trinajstić information content (AvgIpc) is 2.97. The van der Waals surface area contributed by atoms with E-state index in [0.717, 1.165) is 33.7 Å². The van der Waals surface area contributed by atoms with Crippen LogP contribution in [-0.4, -0.2) is 25.0 Å². The van der Waals surface area contributed by atoms with Crippen LogP contribution in [0.25, 0.3) is 0 Å². The summed E-state index contributed by atoms with van der Waals surface area (Å²) in [6, 6.07) is 25.4. The second kappa shape index (κ2) is 13.6. The zero-order valence-corrected chi connectivity index (χ0v) is 26.2. The molecule has 1 aliphatic rings. The maximum atomic E-state index is 13.1. The van der Waals surface area contributed by atoms with E-state index >= 15 is 0 Å². The third-order valence-electron chi connectivity index (χ3n) is 7.03. The topological polar surface area (TPSA) is 67.4 Å². The Balaban J connectivity index is 1.46. The summed E-state index contributed by atoms with van der Waals surface area (Å²) in [6.45, 7) is 0. The molecule has 1 heterocycles. The standard InChI is InChI=1S/C32H26Cl4N2O3S/c1-41-32(40)27(38-31(39)30-23(35)11-6-12-24(30)36)16-18-13-14-25-20(15-18)28(42-19-7-3-2-4-8-19)17-26(37-25)29-21(33)9-5-10-22(29)34/h2-15,26-28,37H,16-17H2,1H3,(H,38,39)/t26?,27-,28?/m1/s1. The lowest BCUT2D eigenvalue weighted by Crippen LogP contribution is -2.43. The Bertz CT molecular complexity index is 1580. The monoisotopic (exact) mass is 658 g/mol. The summed E-state index contributed by atoms with van der Waals surface area (Å²) in [5.74, 6) is -1.14. The van der Waals surface area contributed by atoms with Crippen LogP contribution < -0.4 is 10.6 Å². The van der Waals surface area contributed by atoms with Crippen molar-refractivity contribution in [3.8, 4) is 0 Å². The predicted octanol–water partition coefficient (Wildman–Crippen LogP) is 9.20. The predicted molar refractivity (Wildman–Crippen MR) is 172 cm³/mol. The van der Waals surface area contributed by atoms with Gasteiger partial charge in [0, 0.05) is 37.9 Å². The van der Waals surface area contributed by atoms with Crippen LogP contribution in [0.3, 0.4) is 0 Å². The van der Waals surface area contributed by atoms with Crippen LogP contribution >= 0.6 is 58.2 Å². The molecule has 0 spiro atoms. The minimum Gasteiger partial charge on any atom is -0.467 e. The van der Waals surface area contributed by atoms with E-state index in [9.17, 15) is 9.59 Å². The summed E-state index contributed by atoms with van der Waals surface area (Å²) in [6.07, 6.45) is 0.928. The Hall–Kier alpha value is -2.87. The van der Waals surface area contributed by atoms with Crippen molar-refractivity contribution in [1.82, 2.24) is 5.32 Å². The van der Waals surface area contributed by atoms with Crippen molar-refractivity contribution in [2.75, 3.05) is 12.4 Å². The number of halogens is 4. The quantitative estimate of drug-likeness (QED) is 0.185. The number of carbonyl (C=O) groups is 2. The zero-order valence-electron chi connectivity index (χ0n) is 22.4. The van der Waals surface area contributed by atoms with Crippen molar-refractivity contribution in [2.45, 2.75) is 35.1 Å². The fourth-order valence-corrected chi connectivity index (χ4v) is 7.53. The Morgan fingerprint density at radius 3 is 2.19 bits per heavy atom. The van der Waals surface area contributed by atoms with E-state index in [1.165, 1.54) is 7.11 Å². The first-order valence-electron chi connectivity index (χ1n) is 13.1. The first-order valence-corrected chi connectivity index (χ1v) is 15.5. The SMILES string of the molecule is COC(=O)[C@@H](Cc1ccc2c(c1)C(Sc1ccccc1)CC(c1c(Cl)cccc1Cl)N2)NC(=O)c1c(Cl)cccc1Cl. The number of thioether (sulfide) groups is 1. The van der Waals surface area contributed by atoms with Gasteiger partial charge < -0.3 is 15.4 Å². The van der Waals surface area contributed by atoms with Gasteiger partial charge in [0.05, 0.1) is 28.8 Å². The lowest BCUT2D eigenvalue weighted by atomic mass is 9.91. The Morgan fingerprint density at radius 2 is 1.55 bits per heavy atom. The molecular weight excluding hydrogens is 634 g/mol. The highest BCUT2D eigenvalue weighted by Crippen LogP contribution is 2.50. The van der Waals surface area contributed by atoms with E-state index in [-0.39, 0.29) is 33.3 Å². The highest BCUT2D eigenvalue weighted by Gasteiger charge is 2.32. The van der Waals surface area contributed by atoms with E-state index in [0.29, 0.717) is 10.0 Å². The zero-order chi connectivity index (χ0) is 29.8.